The molecule has 1 atom stereocenters. The quantitative estimate of drug-likeness (QED) is 0.672. The Bertz CT molecular complexity index is 508. The maximum atomic E-state index is 6.17. The van der Waals surface area contributed by atoms with E-state index in [9.17, 15) is 0 Å². The number of hydrogen-bond donors (Lipinski definition) is 0. The van der Waals surface area contributed by atoms with Crippen LogP contribution in [-0.4, -0.2) is 0 Å². The molecule has 2 aromatic carbocycles. The second kappa shape index (κ2) is 5.70. The van der Waals surface area contributed by atoms with Crippen molar-refractivity contribution in [3.8, 4) is 0 Å². The van der Waals surface area contributed by atoms with Gasteiger partial charge in [-0.25, -0.2) is 0 Å². The van der Waals surface area contributed by atoms with E-state index in [1.54, 1.807) is 0 Å². The molecule has 0 aliphatic carbocycles. The van der Waals surface area contributed by atoms with E-state index in [0.717, 1.165) is 11.4 Å². The molecule has 17 heavy (non-hydrogen) atoms. The molecule has 0 nitrogen and oxygen atoms in total. The van der Waals surface area contributed by atoms with Crippen molar-refractivity contribution in [1.82, 2.24) is 0 Å². The van der Waals surface area contributed by atoms with E-state index < -0.39 is 0 Å². The maximum Gasteiger partial charge on any atom is 0.0438 e. The minimum absolute atomic E-state index is 0.309. The van der Waals surface area contributed by atoms with Crippen LogP contribution in [0.5, 0.6) is 0 Å². The number of halogens is 2. The molecule has 88 valence electrons. The summed E-state index contributed by atoms with van der Waals surface area (Å²) in [4.78, 5) is 0.309. The first-order chi connectivity index (χ1) is 8.18. The van der Waals surface area contributed by atoms with Gasteiger partial charge in [0.25, 0.3) is 0 Å². The lowest BCUT2D eigenvalue weighted by molar-refractivity contribution is 0.938. The van der Waals surface area contributed by atoms with Gasteiger partial charge in [-0.3, -0.25) is 0 Å². The predicted molar refractivity (Wildman–Crippen MR) is 78.0 cm³/mol. The zero-order valence-electron chi connectivity index (χ0n) is 9.66. The molecular weight excluding hydrogens is 296 g/mol. The molecular formula is C15H14BrCl. The fourth-order valence-corrected chi connectivity index (χ4v) is 2.98. The Morgan fingerprint density at radius 2 is 1.71 bits per heavy atom. The van der Waals surface area contributed by atoms with Crippen molar-refractivity contribution in [1.29, 1.82) is 0 Å². The first-order valence-corrected chi connectivity index (χ1v) is 6.91. The van der Waals surface area contributed by atoms with Gasteiger partial charge in [0.15, 0.2) is 0 Å². The van der Waals surface area contributed by atoms with Crippen LogP contribution in [0, 0.1) is 6.92 Å². The highest BCUT2D eigenvalue weighted by atomic mass is 79.9. The monoisotopic (exact) mass is 308 g/mol. The number of aryl methyl sites for hydroxylation is 1. The normalized spacial score (nSPS) is 12.4. The van der Waals surface area contributed by atoms with Gasteiger partial charge in [0.1, 0.15) is 0 Å². The van der Waals surface area contributed by atoms with Gasteiger partial charge >= 0.3 is 0 Å². The van der Waals surface area contributed by atoms with Crippen LogP contribution >= 0.6 is 27.5 Å². The number of alkyl halides is 1. The van der Waals surface area contributed by atoms with E-state index in [0.29, 0.717) is 4.83 Å². The molecule has 0 heterocycles. The van der Waals surface area contributed by atoms with Gasteiger partial charge in [-0.15, -0.1) is 0 Å². The molecule has 0 spiro atoms. The first-order valence-electron chi connectivity index (χ1n) is 5.61. The van der Waals surface area contributed by atoms with E-state index in [1.165, 1.54) is 16.7 Å². The number of rotatable bonds is 3. The third-order valence-electron chi connectivity index (χ3n) is 2.88. The van der Waals surface area contributed by atoms with Crippen LogP contribution in [0.1, 0.15) is 21.5 Å². The summed E-state index contributed by atoms with van der Waals surface area (Å²) in [7, 11) is 0. The molecule has 0 saturated heterocycles. The van der Waals surface area contributed by atoms with Gasteiger partial charge in [-0.05, 0) is 36.1 Å². The van der Waals surface area contributed by atoms with Crippen LogP contribution in [0.4, 0.5) is 0 Å². The van der Waals surface area contributed by atoms with Crippen molar-refractivity contribution in [2.45, 2.75) is 18.2 Å². The Labute approximate surface area is 116 Å². The molecule has 0 bridgehead atoms. The standard InChI is InChI=1S/C15H14BrCl/c1-11-6-2-4-8-13(11)14(16)10-12-7-3-5-9-15(12)17/h2-9,14H,10H2,1H3. The predicted octanol–water partition coefficient (Wildman–Crippen LogP) is 5.33. The summed E-state index contributed by atoms with van der Waals surface area (Å²) in [5.41, 5.74) is 3.81. The minimum Gasteiger partial charge on any atom is -0.0840 e. The molecule has 2 heteroatoms. The average molecular weight is 310 g/mol. The molecule has 0 aromatic heterocycles. The summed E-state index contributed by atoms with van der Waals surface area (Å²) in [6.45, 7) is 2.14. The highest BCUT2D eigenvalue weighted by molar-refractivity contribution is 9.09. The lowest BCUT2D eigenvalue weighted by Crippen LogP contribution is -1.98. The van der Waals surface area contributed by atoms with Crippen LogP contribution in [0.15, 0.2) is 48.5 Å². The van der Waals surface area contributed by atoms with Crippen LogP contribution in [-0.2, 0) is 6.42 Å². The van der Waals surface area contributed by atoms with Crippen molar-refractivity contribution in [3.05, 3.63) is 70.2 Å². The van der Waals surface area contributed by atoms with Gasteiger partial charge in [0.2, 0.25) is 0 Å². The van der Waals surface area contributed by atoms with Crippen molar-refractivity contribution >= 4 is 27.5 Å². The van der Waals surface area contributed by atoms with Crippen LogP contribution in [0.3, 0.4) is 0 Å². The first kappa shape index (κ1) is 12.7. The number of benzene rings is 2. The van der Waals surface area contributed by atoms with Crippen molar-refractivity contribution in [2.24, 2.45) is 0 Å². The Balaban J connectivity index is 2.20. The summed E-state index contributed by atoms with van der Waals surface area (Å²) in [5.74, 6) is 0. The highest BCUT2D eigenvalue weighted by Gasteiger charge is 2.11. The van der Waals surface area contributed by atoms with Gasteiger partial charge in [-0.2, -0.15) is 0 Å². The zero-order valence-corrected chi connectivity index (χ0v) is 12.0. The summed E-state index contributed by atoms with van der Waals surface area (Å²) in [5, 5.41) is 0.838. The molecule has 0 fully saturated rings. The minimum atomic E-state index is 0.309. The van der Waals surface area contributed by atoms with E-state index >= 15 is 0 Å². The second-order valence-corrected chi connectivity index (χ2v) is 5.63. The SMILES string of the molecule is Cc1ccccc1C(Br)Cc1ccccc1Cl. The van der Waals surface area contributed by atoms with Gasteiger partial charge in [-0.1, -0.05) is 70.0 Å². The average Bonchev–Trinajstić information content (AvgIpc) is 2.32. The lowest BCUT2D eigenvalue weighted by Gasteiger charge is -2.13. The van der Waals surface area contributed by atoms with E-state index in [1.807, 2.05) is 18.2 Å². The topological polar surface area (TPSA) is 0 Å². The maximum absolute atomic E-state index is 6.17. The molecule has 2 aromatic rings. The highest BCUT2D eigenvalue weighted by Crippen LogP contribution is 2.31. The molecule has 0 aliphatic heterocycles. The fraction of sp³-hybridized carbons (Fsp3) is 0.200. The van der Waals surface area contributed by atoms with Crippen LogP contribution < -0.4 is 0 Å². The van der Waals surface area contributed by atoms with Gasteiger partial charge in [0.05, 0.1) is 0 Å². The van der Waals surface area contributed by atoms with Gasteiger partial charge in [0, 0.05) is 9.85 Å². The van der Waals surface area contributed by atoms with Crippen molar-refractivity contribution in [2.75, 3.05) is 0 Å². The summed E-state index contributed by atoms with van der Waals surface area (Å²) in [6, 6.07) is 16.4. The Morgan fingerprint density at radius 1 is 1.06 bits per heavy atom. The zero-order chi connectivity index (χ0) is 12.3. The second-order valence-electron chi connectivity index (χ2n) is 4.12. The van der Waals surface area contributed by atoms with Crippen molar-refractivity contribution in [3.63, 3.8) is 0 Å². The molecule has 0 saturated carbocycles. The lowest BCUT2D eigenvalue weighted by atomic mass is 10.0. The largest absolute Gasteiger partial charge is 0.0840 e. The third kappa shape index (κ3) is 3.11. The summed E-state index contributed by atoms with van der Waals surface area (Å²) in [6.07, 6.45) is 0.907. The van der Waals surface area contributed by atoms with E-state index in [-0.39, 0.29) is 0 Å². The molecule has 0 aliphatic rings. The molecule has 2 rings (SSSR count). The van der Waals surface area contributed by atoms with Crippen molar-refractivity contribution < 1.29 is 0 Å². The molecule has 1 unspecified atom stereocenters. The fourth-order valence-electron chi connectivity index (χ4n) is 1.91. The summed E-state index contributed by atoms with van der Waals surface area (Å²) < 4.78 is 0. The number of hydrogen-bond acceptors (Lipinski definition) is 0. The molecule has 0 radical (unpaired) electrons. The summed E-state index contributed by atoms with van der Waals surface area (Å²) >= 11 is 9.92. The molecule has 0 N–H and O–H groups in total. The molecule has 0 amide bonds. The Morgan fingerprint density at radius 3 is 2.41 bits per heavy atom. The Hall–Kier alpha value is -0.790. The third-order valence-corrected chi connectivity index (χ3v) is 4.07. The Kier molecular flexibility index (Phi) is 4.25. The van der Waals surface area contributed by atoms with Crippen LogP contribution in [0.2, 0.25) is 5.02 Å². The van der Waals surface area contributed by atoms with E-state index in [2.05, 4.69) is 53.2 Å². The van der Waals surface area contributed by atoms with Crippen LogP contribution in [0.25, 0.3) is 0 Å². The smallest absolute Gasteiger partial charge is 0.0438 e. The van der Waals surface area contributed by atoms with Gasteiger partial charge < -0.3 is 0 Å². The van der Waals surface area contributed by atoms with E-state index in [4.69, 9.17) is 11.6 Å².